The van der Waals surface area contributed by atoms with Gasteiger partial charge in [-0.15, -0.1) is 0 Å². The summed E-state index contributed by atoms with van der Waals surface area (Å²) in [6.07, 6.45) is 2.43. The van der Waals surface area contributed by atoms with Crippen molar-refractivity contribution in [3.8, 4) is 0 Å². The third-order valence-corrected chi connectivity index (χ3v) is 3.08. The summed E-state index contributed by atoms with van der Waals surface area (Å²) in [5, 5.41) is 0. The molecule has 3 heteroatoms. The monoisotopic (exact) mass is 184 g/mol. The van der Waals surface area contributed by atoms with Gasteiger partial charge in [0, 0.05) is 13.1 Å². The van der Waals surface area contributed by atoms with Gasteiger partial charge in [-0.2, -0.15) is 0 Å². The highest BCUT2D eigenvalue weighted by Gasteiger charge is 2.30. The fraction of sp³-hybridized carbons (Fsp3) is 0.900. The highest BCUT2D eigenvalue weighted by atomic mass is 16.1. The Bertz CT molecular complexity index is 170. The summed E-state index contributed by atoms with van der Waals surface area (Å²) in [7, 11) is 0. The van der Waals surface area contributed by atoms with Gasteiger partial charge in [-0.25, -0.2) is 0 Å². The van der Waals surface area contributed by atoms with Gasteiger partial charge < -0.3 is 5.73 Å². The minimum Gasteiger partial charge on any atom is -0.369 e. The minimum atomic E-state index is -0.202. The number of primary amides is 1. The lowest BCUT2D eigenvalue weighted by Gasteiger charge is -2.12. The number of likely N-dealkylation sites (tertiary alicyclic amines) is 1. The predicted octanol–water partition coefficient (Wildman–Crippen LogP) is 0.840. The Morgan fingerprint density at radius 2 is 1.77 bits per heavy atom. The largest absolute Gasteiger partial charge is 0.369 e. The van der Waals surface area contributed by atoms with Crippen molar-refractivity contribution >= 4 is 5.91 Å². The lowest BCUT2D eigenvalue weighted by molar-refractivity contribution is -0.118. The quantitative estimate of drug-likeness (QED) is 0.703. The molecule has 0 radical (unpaired) electrons. The van der Waals surface area contributed by atoms with Crippen molar-refractivity contribution in [2.24, 2.45) is 17.6 Å². The predicted molar refractivity (Wildman–Crippen MR) is 53.2 cm³/mol. The smallest absolute Gasteiger partial charge is 0.231 e. The molecule has 0 bridgehead atoms. The average molecular weight is 184 g/mol. The number of nitrogens with zero attached hydrogens (tertiary/aromatic N) is 1. The van der Waals surface area contributed by atoms with Gasteiger partial charge in [0.25, 0.3) is 0 Å². The van der Waals surface area contributed by atoms with Gasteiger partial charge in [-0.3, -0.25) is 9.69 Å². The van der Waals surface area contributed by atoms with Crippen LogP contribution >= 0.6 is 0 Å². The van der Waals surface area contributed by atoms with E-state index in [4.69, 9.17) is 5.73 Å². The van der Waals surface area contributed by atoms with Crippen molar-refractivity contribution in [3.05, 3.63) is 0 Å². The van der Waals surface area contributed by atoms with Crippen LogP contribution in [0.4, 0.5) is 0 Å². The van der Waals surface area contributed by atoms with Crippen LogP contribution < -0.4 is 5.73 Å². The molecule has 1 aliphatic heterocycles. The Morgan fingerprint density at radius 3 is 2.08 bits per heavy atom. The third-order valence-electron chi connectivity index (χ3n) is 3.08. The van der Waals surface area contributed by atoms with Gasteiger partial charge in [0.2, 0.25) is 5.91 Å². The Kier molecular flexibility index (Phi) is 3.72. The lowest BCUT2D eigenvalue weighted by Crippen LogP contribution is -2.32. The topological polar surface area (TPSA) is 46.3 Å². The second-order valence-electron chi connectivity index (χ2n) is 4.00. The van der Waals surface area contributed by atoms with E-state index < -0.39 is 0 Å². The zero-order valence-electron chi connectivity index (χ0n) is 8.62. The molecule has 1 fully saturated rings. The maximum atomic E-state index is 10.7. The first-order chi connectivity index (χ1) is 6.17. The lowest BCUT2D eigenvalue weighted by atomic mass is 9.92. The molecule has 76 valence electrons. The van der Waals surface area contributed by atoms with E-state index in [0.717, 1.165) is 24.9 Å². The molecular weight excluding hydrogens is 164 g/mol. The second-order valence-corrected chi connectivity index (χ2v) is 4.00. The highest BCUT2D eigenvalue weighted by molar-refractivity contribution is 5.75. The molecule has 2 atom stereocenters. The van der Waals surface area contributed by atoms with Crippen molar-refractivity contribution < 1.29 is 4.79 Å². The van der Waals surface area contributed by atoms with Crippen molar-refractivity contribution in [2.45, 2.75) is 26.7 Å². The first-order valence-electron chi connectivity index (χ1n) is 5.18. The van der Waals surface area contributed by atoms with Crippen molar-refractivity contribution in [2.75, 3.05) is 19.6 Å². The SMILES string of the molecule is CCC1CN(CC(N)=O)CC1CC. The molecule has 0 spiro atoms. The van der Waals surface area contributed by atoms with Crippen LogP contribution in [-0.4, -0.2) is 30.4 Å². The fourth-order valence-electron chi connectivity index (χ4n) is 2.31. The molecule has 1 amide bonds. The van der Waals surface area contributed by atoms with Crippen LogP contribution in [-0.2, 0) is 4.79 Å². The Morgan fingerprint density at radius 1 is 1.31 bits per heavy atom. The van der Waals surface area contributed by atoms with Crippen molar-refractivity contribution in [1.29, 1.82) is 0 Å². The molecule has 13 heavy (non-hydrogen) atoms. The van der Waals surface area contributed by atoms with Crippen LogP contribution in [0.2, 0.25) is 0 Å². The molecule has 2 N–H and O–H groups in total. The third kappa shape index (κ3) is 2.69. The molecule has 0 saturated carbocycles. The maximum Gasteiger partial charge on any atom is 0.231 e. The van der Waals surface area contributed by atoms with E-state index in [9.17, 15) is 4.79 Å². The summed E-state index contributed by atoms with van der Waals surface area (Å²) in [5.41, 5.74) is 5.17. The van der Waals surface area contributed by atoms with E-state index in [2.05, 4.69) is 18.7 Å². The van der Waals surface area contributed by atoms with Crippen molar-refractivity contribution in [3.63, 3.8) is 0 Å². The molecule has 0 aromatic carbocycles. The van der Waals surface area contributed by atoms with Crippen LogP contribution in [0, 0.1) is 11.8 Å². The summed E-state index contributed by atoms with van der Waals surface area (Å²) in [5.74, 6) is 1.33. The number of nitrogens with two attached hydrogens (primary N) is 1. The van der Waals surface area contributed by atoms with Crippen molar-refractivity contribution in [1.82, 2.24) is 4.90 Å². The van der Waals surface area contributed by atoms with E-state index in [-0.39, 0.29) is 5.91 Å². The van der Waals surface area contributed by atoms with Crippen LogP contribution in [0.1, 0.15) is 26.7 Å². The van der Waals surface area contributed by atoms with E-state index in [1.54, 1.807) is 0 Å². The molecule has 1 aliphatic rings. The Labute approximate surface area is 80.3 Å². The van der Waals surface area contributed by atoms with Crippen LogP contribution in [0.5, 0.6) is 0 Å². The molecule has 1 saturated heterocycles. The molecule has 3 nitrogen and oxygen atoms in total. The van der Waals surface area contributed by atoms with Crippen LogP contribution in [0.25, 0.3) is 0 Å². The Hall–Kier alpha value is -0.570. The molecular formula is C10H20N2O. The number of carbonyl (C=O) groups excluding carboxylic acids is 1. The number of hydrogen-bond donors (Lipinski definition) is 1. The molecule has 1 rings (SSSR count). The molecule has 1 heterocycles. The normalized spacial score (nSPS) is 29.4. The number of carbonyl (C=O) groups is 1. The minimum absolute atomic E-state index is 0.202. The highest BCUT2D eigenvalue weighted by Crippen LogP contribution is 2.27. The number of rotatable bonds is 4. The first-order valence-corrected chi connectivity index (χ1v) is 5.18. The summed E-state index contributed by atoms with van der Waals surface area (Å²) in [6.45, 7) is 6.99. The second kappa shape index (κ2) is 4.61. The van der Waals surface area contributed by atoms with Gasteiger partial charge in [-0.05, 0) is 11.8 Å². The zero-order chi connectivity index (χ0) is 9.84. The molecule has 0 aliphatic carbocycles. The standard InChI is InChI=1S/C10H20N2O/c1-3-8-5-12(7-10(11)13)6-9(8)4-2/h8-9H,3-7H2,1-2H3,(H2,11,13). The summed E-state index contributed by atoms with van der Waals surface area (Å²) in [6, 6.07) is 0. The maximum absolute atomic E-state index is 10.7. The summed E-state index contributed by atoms with van der Waals surface area (Å²) >= 11 is 0. The molecule has 2 unspecified atom stereocenters. The van der Waals surface area contributed by atoms with E-state index in [1.807, 2.05) is 0 Å². The van der Waals surface area contributed by atoms with E-state index in [1.165, 1.54) is 12.8 Å². The van der Waals surface area contributed by atoms with Gasteiger partial charge in [0.1, 0.15) is 0 Å². The van der Waals surface area contributed by atoms with Crippen LogP contribution in [0.3, 0.4) is 0 Å². The number of hydrogen-bond acceptors (Lipinski definition) is 2. The zero-order valence-corrected chi connectivity index (χ0v) is 8.62. The van der Waals surface area contributed by atoms with Crippen LogP contribution in [0.15, 0.2) is 0 Å². The van der Waals surface area contributed by atoms with Gasteiger partial charge in [0.05, 0.1) is 6.54 Å². The first kappa shape index (κ1) is 10.5. The fourth-order valence-corrected chi connectivity index (χ4v) is 2.31. The van der Waals surface area contributed by atoms with E-state index in [0.29, 0.717) is 6.54 Å². The van der Waals surface area contributed by atoms with E-state index >= 15 is 0 Å². The number of amides is 1. The molecule has 0 aromatic heterocycles. The molecule has 0 aromatic rings. The Balaban J connectivity index is 2.43. The van der Waals surface area contributed by atoms with Gasteiger partial charge >= 0.3 is 0 Å². The average Bonchev–Trinajstić information content (AvgIpc) is 2.45. The summed E-state index contributed by atoms with van der Waals surface area (Å²) in [4.78, 5) is 12.9. The van der Waals surface area contributed by atoms with Gasteiger partial charge in [-0.1, -0.05) is 26.7 Å². The van der Waals surface area contributed by atoms with Gasteiger partial charge in [0.15, 0.2) is 0 Å². The summed E-state index contributed by atoms with van der Waals surface area (Å²) < 4.78 is 0.